The molecule has 6 nitrogen and oxygen atoms in total. The minimum absolute atomic E-state index is 0.00524. The fourth-order valence-corrected chi connectivity index (χ4v) is 2.69. The molecule has 124 valence electrons. The molecule has 0 unspecified atom stereocenters. The Balaban J connectivity index is 2.52. The number of hydrogen-bond donors (Lipinski definition) is 1. The van der Waals surface area contributed by atoms with Gasteiger partial charge in [-0.15, -0.1) is 0 Å². The maximum atomic E-state index is 12.0. The molecule has 0 aliphatic carbocycles. The standard InChI is InChI=1S/C15H23NO5S/c1-3-5-12-21-13-6-8-14(9-7-13)22(18,19)16-11-10-15(17)20-4-2/h6-9,16H,3-5,10-12H2,1-2H3. The van der Waals surface area contributed by atoms with Gasteiger partial charge < -0.3 is 9.47 Å². The van der Waals surface area contributed by atoms with Gasteiger partial charge in [-0.1, -0.05) is 13.3 Å². The molecule has 0 aromatic heterocycles. The van der Waals surface area contributed by atoms with E-state index in [9.17, 15) is 13.2 Å². The van der Waals surface area contributed by atoms with Crippen LogP contribution in [-0.2, 0) is 19.6 Å². The zero-order valence-electron chi connectivity index (χ0n) is 13.0. The van der Waals surface area contributed by atoms with Crippen molar-refractivity contribution >= 4 is 16.0 Å². The highest BCUT2D eigenvalue weighted by molar-refractivity contribution is 7.89. The van der Waals surface area contributed by atoms with Crippen LogP contribution in [0.5, 0.6) is 5.75 Å². The van der Waals surface area contributed by atoms with E-state index in [1.165, 1.54) is 12.1 Å². The lowest BCUT2D eigenvalue weighted by Gasteiger charge is -2.08. The highest BCUT2D eigenvalue weighted by Crippen LogP contribution is 2.16. The molecule has 0 bridgehead atoms. The summed E-state index contributed by atoms with van der Waals surface area (Å²) in [6.45, 7) is 4.68. The first kappa shape index (κ1) is 18.4. The number of carbonyl (C=O) groups is 1. The summed E-state index contributed by atoms with van der Waals surface area (Å²) in [6.07, 6.45) is 2.00. The van der Waals surface area contributed by atoms with E-state index in [2.05, 4.69) is 11.6 Å². The van der Waals surface area contributed by atoms with E-state index in [0.29, 0.717) is 12.4 Å². The van der Waals surface area contributed by atoms with Gasteiger partial charge in [0.2, 0.25) is 10.0 Å². The predicted octanol–water partition coefficient (Wildman–Crippen LogP) is 2.10. The van der Waals surface area contributed by atoms with Crippen molar-refractivity contribution in [3.8, 4) is 5.75 Å². The molecule has 0 amide bonds. The Hall–Kier alpha value is -1.60. The van der Waals surface area contributed by atoms with E-state index < -0.39 is 16.0 Å². The fourth-order valence-electron chi connectivity index (χ4n) is 1.65. The first-order valence-electron chi connectivity index (χ1n) is 7.37. The Morgan fingerprint density at radius 2 is 1.86 bits per heavy atom. The molecule has 1 aromatic rings. The van der Waals surface area contributed by atoms with Gasteiger partial charge in [0.25, 0.3) is 0 Å². The molecule has 0 saturated carbocycles. The van der Waals surface area contributed by atoms with Crippen LogP contribution in [0.3, 0.4) is 0 Å². The van der Waals surface area contributed by atoms with Crippen molar-refractivity contribution in [3.05, 3.63) is 24.3 Å². The van der Waals surface area contributed by atoms with Gasteiger partial charge in [-0.25, -0.2) is 13.1 Å². The van der Waals surface area contributed by atoms with E-state index in [1.807, 2.05) is 0 Å². The third kappa shape index (κ3) is 6.44. The summed E-state index contributed by atoms with van der Waals surface area (Å²) in [7, 11) is -3.63. The average Bonchev–Trinajstić information content (AvgIpc) is 2.48. The number of carbonyl (C=O) groups excluding carboxylic acids is 1. The van der Waals surface area contributed by atoms with Gasteiger partial charge >= 0.3 is 5.97 Å². The molecule has 0 heterocycles. The number of ether oxygens (including phenoxy) is 2. The SMILES string of the molecule is CCCCOc1ccc(S(=O)(=O)NCCC(=O)OCC)cc1. The number of rotatable bonds is 10. The van der Waals surface area contributed by atoms with Crippen LogP contribution in [0, 0.1) is 0 Å². The number of esters is 1. The molecule has 1 N–H and O–H groups in total. The summed E-state index contributed by atoms with van der Waals surface area (Å²) >= 11 is 0. The first-order valence-corrected chi connectivity index (χ1v) is 8.86. The summed E-state index contributed by atoms with van der Waals surface area (Å²) in [5, 5.41) is 0. The largest absolute Gasteiger partial charge is 0.494 e. The lowest BCUT2D eigenvalue weighted by atomic mass is 10.3. The molecule has 0 spiro atoms. The summed E-state index contributed by atoms with van der Waals surface area (Å²) < 4.78 is 36.7. The van der Waals surface area contributed by atoms with Crippen LogP contribution < -0.4 is 9.46 Å². The second-order valence-electron chi connectivity index (χ2n) is 4.63. The van der Waals surface area contributed by atoms with Gasteiger partial charge in [0.05, 0.1) is 24.5 Å². The van der Waals surface area contributed by atoms with Crippen LogP contribution in [0.4, 0.5) is 0 Å². The van der Waals surface area contributed by atoms with E-state index in [1.54, 1.807) is 19.1 Å². The van der Waals surface area contributed by atoms with Crippen LogP contribution >= 0.6 is 0 Å². The number of nitrogens with one attached hydrogen (secondary N) is 1. The lowest BCUT2D eigenvalue weighted by Crippen LogP contribution is -2.26. The Kier molecular flexibility index (Phi) is 7.90. The zero-order valence-corrected chi connectivity index (χ0v) is 13.8. The molecule has 22 heavy (non-hydrogen) atoms. The maximum absolute atomic E-state index is 12.0. The molecule has 0 saturated heterocycles. The van der Waals surface area contributed by atoms with Crippen molar-refractivity contribution in [2.75, 3.05) is 19.8 Å². The topological polar surface area (TPSA) is 81.7 Å². The Morgan fingerprint density at radius 3 is 2.45 bits per heavy atom. The normalized spacial score (nSPS) is 11.2. The smallest absolute Gasteiger partial charge is 0.307 e. The quantitative estimate of drug-likeness (QED) is 0.525. The summed E-state index contributed by atoms with van der Waals surface area (Å²) in [4.78, 5) is 11.3. The molecule has 0 atom stereocenters. The third-order valence-corrected chi connectivity index (χ3v) is 4.30. The maximum Gasteiger partial charge on any atom is 0.307 e. The zero-order chi connectivity index (χ0) is 16.4. The van der Waals surface area contributed by atoms with E-state index >= 15 is 0 Å². The summed E-state index contributed by atoms with van der Waals surface area (Å²) in [6, 6.07) is 6.20. The van der Waals surface area contributed by atoms with Gasteiger partial charge in [0.15, 0.2) is 0 Å². The number of hydrogen-bond acceptors (Lipinski definition) is 5. The van der Waals surface area contributed by atoms with Crippen LogP contribution in [0.1, 0.15) is 33.1 Å². The highest BCUT2D eigenvalue weighted by Gasteiger charge is 2.14. The van der Waals surface area contributed by atoms with Crippen molar-refractivity contribution in [2.45, 2.75) is 38.0 Å². The summed E-state index contributed by atoms with van der Waals surface area (Å²) in [5.41, 5.74) is 0. The molecule has 0 radical (unpaired) electrons. The van der Waals surface area contributed by atoms with E-state index in [4.69, 9.17) is 9.47 Å². The van der Waals surface area contributed by atoms with Crippen molar-refractivity contribution < 1.29 is 22.7 Å². The van der Waals surface area contributed by atoms with Gasteiger partial charge in [-0.3, -0.25) is 4.79 Å². The minimum Gasteiger partial charge on any atom is -0.494 e. The van der Waals surface area contributed by atoms with Crippen LogP contribution in [0.2, 0.25) is 0 Å². The number of benzene rings is 1. The Labute approximate surface area is 131 Å². The van der Waals surface area contributed by atoms with Gasteiger partial charge in [-0.05, 0) is 37.6 Å². The average molecular weight is 329 g/mol. The molecule has 7 heteroatoms. The van der Waals surface area contributed by atoms with Crippen LogP contribution in [0.15, 0.2) is 29.2 Å². The van der Waals surface area contributed by atoms with Crippen molar-refractivity contribution in [3.63, 3.8) is 0 Å². The van der Waals surface area contributed by atoms with Crippen molar-refractivity contribution in [1.82, 2.24) is 4.72 Å². The second-order valence-corrected chi connectivity index (χ2v) is 6.39. The monoisotopic (exact) mass is 329 g/mol. The lowest BCUT2D eigenvalue weighted by molar-refractivity contribution is -0.142. The number of unbranched alkanes of at least 4 members (excludes halogenated alkanes) is 1. The molecule has 0 aliphatic heterocycles. The van der Waals surface area contributed by atoms with Crippen LogP contribution in [-0.4, -0.2) is 34.1 Å². The van der Waals surface area contributed by atoms with Crippen molar-refractivity contribution in [1.29, 1.82) is 0 Å². The van der Waals surface area contributed by atoms with Gasteiger partial charge in [-0.2, -0.15) is 0 Å². The second kappa shape index (κ2) is 9.42. The molecular weight excluding hydrogens is 306 g/mol. The summed E-state index contributed by atoms with van der Waals surface area (Å²) in [5.74, 6) is 0.212. The molecular formula is C15H23NO5S. The minimum atomic E-state index is -3.63. The number of sulfonamides is 1. The Bertz CT molecular complexity index is 554. The fraction of sp³-hybridized carbons (Fsp3) is 0.533. The molecule has 0 aliphatic rings. The molecule has 1 rings (SSSR count). The third-order valence-electron chi connectivity index (χ3n) is 2.83. The van der Waals surface area contributed by atoms with E-state index in [-0.39, 0.29) is 24.5 Å². The van der Waals surface area contributed by atoms with E-state index in [0.717, 1.165) is 12.8 Å². The van der Waals surface area contributed by atoms with Crippen LogP contribution in [0.25, 0.3) is 0 Å². The predicted molar refractivity (Wildman–Crippen MR) is 83.3 cm³/mol. The van der Waals surface area contributed by atoms with Gasteiger partial charge in [0, 0.05) is 6.54 Å². The Morgan fingerprint density at radius 1 is 1.18 bits per heavy atom. The first-order chi connectivity index (χ1) is 10.5. The van der Waals surface area contributed by atoms with Gasteiger partial charge in [0.1, 0.15) is 5.75 Å². The molecule has 1 aromatic carbocycles. The van der Waals surface area contributed by atoms with Crippen molar-refractivity contribution in [2.24, 2.45) is 0 Å². The molecule has 0 fully saturated rings. The highest BCUT2D eigenvalue weighted by atomic mass is 32.2.